The Morgan fingerprint density at radius 1 is 1.37 bits per heavy atom. The quantitative estimate of drug-likeness (QED) is 0.504. The summed E-state index contributed by atoms with van der Waals surface area (Å²) < 4.78 is 11.9. The van der Waals surface area contributed by atoms with E-state index in [2.05, 4.69) is 15.0 Å². The van der Waals surface area contributed by atoms with Crippen LogP contribution in [0.15, 0.2) is 12.7 Å². The van der Waals surface area contributed by atoms with Crippen LogP contribution in [0.4, 0.5) is 5.82 Å². The molecule has 106 valence electrons. The standard InChI is InChI=1S/C8H12N5O4P.BrH/c9-7-6-8(11-4-10-7)13(5-12-6)17-2-1-3-18(14,15)16;/h4-5H,1-3H2,(H2,9,10,11)(H2,14,15,16);1H. The lowest BCUT2D eigenvalue weighted by atomic mass is 10.5. The largest absolute Gasteiger partial charge is 0.411 e. The highest BCUT2D eigenvalue weighted by Gasteiger charge is 2.12. The number of aromatic nitrogens is 4. The van der Waals surface area contributed by atoms with Gasteiger partial charge in [-0.3, -0.25) is 4.57 Å². The van der Waals surface area contributed by atoms with Crippen molar-refractivity contribution in [1.29, 1.82) is 0 Å². The van der Waals surface area contributed by atoms with Gasteiger partial charge < -0.3 is 20.4 Å². The van der Waals surface area contributed by atoms with Gasteiger partial charge in [-0.1, -0.05) is 0 Å². The maximum atomic E-state index is 10.6. The molecular formula is C8H13BrN5O4P. The first-order valence-electron chi connectivity index (χ1n) is 5.09. The highest BCUT2D eigenvalue weighted by Crippen LogP contribution is 2.34. The monoisotopic (exact) mass is 353 g/mol. The molecule has 2 aromatic heterocycles. The van der Waals surface area contributed by atoms with Crippen LogP contribution in [0, 0.1) is 0 Å². The van der Waals surface area contributed by atoms with Crippen molar-refractivity contribution >= 4 is 41.6 Å². The molecule has 2 rings (SSSR count). The van der Waals surface area contributed by atoms with Crippen molar-refractivity contribution in [2.45, 2.75) is 6.42 Å². The van der Waals surface area contributed by atoms with Crippen molar-refractivity contribution in [3.63, 3.8) is 0 Å². The van der Waals surface area contributed by atoms with Crippen molar-refractivity contribution in [1.82, 2.24) is 19.7 Å². The van der Waals surface area contributed by atoms with Crippen LogP contribution in [0.3, 0.4) is 0 Å². The van der Waals surface area contributed by atoms with Gasteiger partial charge in [0.05, 0.1) is 6.16 Å². The Balaban J connectivity index is 0.00000180. The van der Waals surface area contributed by atoms with Crippen LogP contribution in [0.25, 0.3) is 11.2 Å². The topological polar surface area (TPSA) is 136 Å². The minimum absolute atomic E-state index is 0. The van der Waals surface area contributed by atoms with E-state index in [4.69, 9.17) is 20.4 Å². The second-order valence-corrected chi connectivity index (χ2v) is 5.35. The average Bonchev–Trinajstić information content (AvgIpc) is 2.68. The molecule has 0 aliphatic rings. The molecule has 19 heavy (non-hydrogen) atoms. The molecule has 0 unspecified atom stereocenters. The normalized spacial score (nSPS) is 11.3. The van der Waals surface area contributed by atoms with Crippen molar-refractivity contribution in [2.24, 2.45) is 0 Å². The highest BCUT2D eigenvalue weighted by atomic mass is 79.9. The van der Waals surface area contributed by atoms with Gasteiger partial charge in [0.2, 0.25) is 5.65 Å². The lowest BCUT2D eigenvalue weighted by molar-refractivity contribution is 0.117. The van der Waals surface area contributed by atoms with Crippen molar-refractivity contribution < 1.29 is 19.2 Å². The molecule has 0 aromatic carbocycles. The summed E-state index contributed by atoms with van der Waals surface area (Å²) in [6.07, 6.45) is 2.67. The number of fused-ring (bicyclic) bond motifs is 1. The van der Waals surface area contributed by atoms with E-state index in [0.717, 1.165) is 0 Å². The number of anilines is 1. The molecule has 0 aliphatic carbocycles. The highest BCUT2D eigenvalue weighted by molar-refractivity contribution is 8.93. The first-order valence-corrected chi connectivity index (χ1v) is 6.88. The minimum atomic E-state index is -3.98. The Kier molecular flexibility index (Phi) is 5.24. The second kappa shape index (κ2) is 6.29. The molecule has 0 radical (unpaired) electrons. The van der Waals surface area contributed by atoms with Crippen LogP contribution >= 0.6 is 24.6 Å². The zero-order chi connectivity index (χ0) is 13.2. The van der Waals surface area contributed by atoms with Crippen LogP contribution in [0.2, 0.25) is 0 Å². The van der Waals surface area contributed by atoms with E-state index in [1.807, 2.05) is 0 Å². The summed E-state index contributed by atoms with van der Waals surface area (Å²) in [4.78, 5) is 34.4. The van der Waals surface area contributed by atoms with E-state index in [9.17, 15) is 4.57 Å². The van der Waals surface area contributed by atoms with Gasteiger partial charge in [-0.05, 0) is 6.42 Å². The van der Waals surface area contributed by atoms with Crippen LogP contribution < -0.4 is 10.6 Å². The Labute approximate surface area is 118 Å². The molecule has 2 aromatic rings. The van der Waals surface area contributed by atoms with E-state index in [-0.39, 0.29) is 42.0 Å². The fourth-order valence-electron chi connectivity index (χ4n) is 1.36. The molecule has 0 bridgehead atoms. The fourth-order valence-corrected chi connectivity index (χ4v) is 1.90. The Morgan fingerprint density at radius 3 is 2.79 bits per heavy atom. The Bertz CT molecular complexity index is 600. The van der Waals surface area contributed by atoms with Gasteiger partial charge in [0, 0.05) is 0 Å². The molecule has 0 aliphatic heterocycles. The maximum absolute atomic E-state index is 10.6. The van der Waals surface area contributed by atoms with Gasteiger partial charge in [-0.15, -0.1) is 17.0 Å². The molecule has 0 atom stereocenters. The predicted octanol–water partition coefficient (Wildman–Crippen LogP) is -0.0172. The molecule has 4 N–H and O–H groups in total. The molecule has 0 fully saturated rings. The van der Waals surface area contributed by atoms with Gasteiger partial charge in [-0.25, -0.2) is 15.0 Å². The summed E-state index contributed by atoms with van der Waals surface area (Å²) in [6.45, 7) is 0.139. The number of imidazole rings is 1. The van der Waals surface area contributed by atoms with E-state index in [0.29, 0.717) is 11.2 Å². The van der Waals surface area contributed by atoms with E-state index in [1.165, 1.54) is 17.4 Å². The second-order valence-electron chi connectivity index (χ2n) is 3.58. The van der Waals surface area contributed by atoms with Gasteiger partial charge in [0.15, 0.2) is 11.3 Å². The Hall–Kier alpha value is -1.22. The maximum Gasteiger partial charge on any atom is 0.325 e. The van der Waals surface area contributed by atoms with E-state index < -0.39 is 7.60 Å². The van der Waals surface area contributed by atoms with Crippen molar-refractivity contribution in [3.05, 3.63) is 12.7 Å². The number of hydrogen-bond donors (Lipinski definition) is 3. The van der Waals surface area contributed by atoms with Crippen LogP contribution in [-0.4, -0.2) is 42.2 Å². The summed E-state index contributed by atoms with van der Waals surface area (Å²) in [6, 6.07) is 0. The average molecular weight is 354 g/mol. The van der Waals surface area contributed by atoms with E-state index in [1.54, 1.807) is 0 Å². The van der Waals surface area contributed by atoms with Gasteiger partial charge >= 0.3 is 7.60 Å². The fraction of sp³-hybridized carbons (Fsp3) is 0.375. The number of rotatable bonds is 5. The molecule has 0 saturated carbocycles. The summed E-state index contributed by atoms with van der Waals surface area (Å²) in [5, 5.41) is 0. The number of nitrogen functional groups attached to an aromatic ring is 1. The summed E-state index contributed by atoms with van der Waals surface area (Å²) in [5.41, 5.74) is 6.44. The third kappa shape index (κ3) is 4.13. The third-order valence-electron chi connectivity index (χ3n) is 2.16. The number of nitrogens with two attached hydrogens (primary N) is 1. The minimum Gasteiger partial charge on any atom is -0.411 e. The SMILES string of the molecule is Br.Nc1ncnc2c1ncn2OCCCP(=O)(O)O. The summed E-state index contributed by atoms with van der Waals surface area (Å²) >= 11 is 0. The number of hydrogen-bond acceptors (Lipinski definition) is 6. The molecule has 11 heteroatoms. The van der Waals surface area contributed by atoms with Crippen molar-refractivity contribution in [2.75, 3.05) is 18.5 Å². The zero-order valence-electron chi connectivity index (χ0n) is 9.71. The van der Waals surface area contributed by atoms with Crippen LogP contribution in [0.1, 0.15) is 6.42 Å². The molecule has 0 amide bonds. The Morgan fingerprint density at radius 2 is 2.11 bits per heavy atom. The lowest BCUT2D eigenvalue weighted by Crippen LogP contribution is -2.13. The van der Waals surface area contributed by atoms with E-state index >= 15 is 0 Å². The zero-order valence-corrected chi connectivity index (χ0v) is 12.3. The van der Waals surface area contributed by atoms with Gasteiger partial charge in [0.1, 0.15) is 19.3 Å². The smallest absolute Gasteiger partial charge is 0.325 e. The molecule has 0 saturated heterocycles. The van der Waals surface area contributed by atoms with Crippen molar-refractivity contribution in [3.8, 4) is 0 Å². The molecule has 0 spiro atoms. The van der Waals surface area contributed by atoms with Gasteiger partial charge in [-0.2, -0.15) is 4.73 Å². The summed E-state index contributed by atoms with van der Waals surface area (Å²) in [7, 11) is -3.98. The van der Waals surface area contributed by atoms with Crippen LogP contribution in [-0.2, 0) is 4.57 Å². The number of halogens is 1. The van der Waals surface area contributed by atoms with Crippen LogP contribution in [0.5, 0.6) is 0 Å². The number of nitrogens with zero attached hydrogens (tertiary/aromatic N) is 4. The first-order chi connectivity index (χ1) is 8.47. The molecule has 2 heterocycles. The third-order valence-corrected chi connectivity index (χ3v) is 3.05. The lowest BCUT2D eigenvalue weighted by Gasteiger charge is -2.07. The molecular weight excluding hydrogens is 341 g/mol. The molecule has 9 nitrogen and oxygen atoms in total. The predicted molar refractivity (Wildman–Crippen MR) is 73.0 cm³/mol. The summed E-state index contributed by atoms with van der Waals surface area (Å²) in [5.74, 6) is 0.248. The van der Waals surface area contributed by atoms with Gasteiger partial charge in [0.25, 0.3) is 0 Å². The first kappa shape index (κ1) is 15.8.